The molecule has 6 radical (unpaired) electrons. The van der Waals surface area contributed by atoms with Crippen LogP contribution < -0.4 is 5.46 Å². The Bertz CT molecular complexity index is 1510. The minimum absolute atomic E-state index is 0. The molecule has 3 aromatic heterocycles. The van der Waals surface area contributed by atoms with E-state index in [1.54, 1.807) is 0 Å². The lowest BCUT2D eigenvalue weighted by molar-refractivity contribution is 0.00578. The van der Waals surface area contributed by atoms with Crippen LogP contribution in [0.3, 0.4) is 0 Å². The molecule has 50 heavy (non-hydrogen) atoms. The van der Waals surface area contributed by atoms with Gasteiger partial charge in [-0.15, -0.1) is 0 Å². The van der Waals surface area contributed by atoms with E-state index in [0.717, 1.165) is 54.9 Å². The maximum absolute atomic E-state index is 8.25. The molecule has 0 spiro atoms. The normalized spacial score (nSPS) is 17.9. The average Bonchev–Trinajstić information content (AvgIpc) is 3.86. The van der Waals surface area contributed by atoms with Crippen LogP contribution in [0.25, 0.3) is 0 Å². The molecule has 3 aromatic rings. The maximum atomic E-state index is 8.25. The van der Waals surface area contributed by atoms with Crippen molar-refractivity contribution in [3.63, 3.8) is 0 Å². The Morgan fingerprint density at radius 1 is 0.680 bits per heavy atom. The molecular formula is C34H48B6Br3N3O4. The van der Waals surface area contributed by atoms with E-state index < -0.39 is 13.5 Å². The van der Waals surface area contributed by atoms with Crippen LogP contribution in [0.1, 0.15) is 114 Å². The average molecular weight is 867 g/mol. The highest BCUT2D eigenvalue weighted by Gasteiger charge is 2.52. The van der Waals surface area contributed by atoms with Crippen LogP contribution in [0.5, 0.6) is 0 Å². The smallest absolute Gasteiger partial charge is 0.427 e. The second kappa shape index (κ2) is 20.0. The zero-order chi connectivity index (χ0) is 36.7. The Morgan fingerprint density at radius 2 is 1.08 bits per heavy atom. The highest BCUT2D eigenvalue weighted by Crippen LogP contribution is 2.40. The lowest BCUT2D eigenvalue weighted by Crippen LogP contribution is -2.41. The lowest BCUT2D eigenvalue weighted by Gasteiger charge is -2.32. The van der Waals surface area contributed by atoms with Crippen LogP contribution in [0.4, 0.5) is 0 Å². The number of rotatable bonds is 4. The van der Waals surface area contributed by atoms with Gasteiger partial charge in [-0.1, -0.05) is 26.3 Å². The number of hydrogen-bond acceptors (Lipinski definition) is 7. The van der Waals surface area contributed by atoms with Gasteiger partial charge in [0.2, 0.25) is 0 Å². The molecule has 0 amide bonds. The summed E-state index contributed by atoms with van der Waals surface area (Å²) in [5.41, 5.74) is 6.10. The molecule has 0 aromatic carbocycles. The van der Waals surface area contributed by atoms with Crippen molar-refractivity contribution < 1.29 is 19.4 Å². The molecule has 16 heteroatoms. The summed E-state index contributed by atoms with van der Waals surface area (Å²) in [4.78, 5) is 13.3. The van der Waals surface area contributed by atoms with Gasteiger partial charge in [0, 0.05) is 72.9 Å². The van der Waals surface area contributed by atoms with Crippen molar-refractivity contribution >= 4 is 97.1 Å². The zero-order valence-corrected chi connectivity index (χ0v) is 34.3. The van der Waals surface area contributed by atoms with Crippen molar-refractivity contribution in [2.45, 2.75) is 123 Å². The summed E-state index contributed by atoms with van der Waals surface area (Å²) >= 11 is 10.0. The number of hydrogen-bond donors (Lipinski definition) is 2. The monoisotopic (exact) mass is 865 g/mol. The first-order valence-electron chi connectivity index (χ1n) is 16.7. The summed E-state index contributed by atoms with van der Waals surface area (Å²) in [6, 6.07) is 12.3. The van der Waals surface area contributed by atoms with E-state index in [0.29, 0.717) is 5.92 Å². The predicted octanol–water partition coefficient (Wildman–Crippen LogP) is 7.25. The predicted molar refractivity (Wildman–Crippen MR) is 223 cm³/mol. The summed E-state index contributed by atoms with van der Waals surface area (Å²) in [6.45, 7) is 14.3. The highest BCUT2D eigenvalue weighted by atomic mass is 79.9. The second-order valence-electron chi connectivity index (χ2n) is 13.9. The summed E-state index contributed by atoms with van der Waals surface area (Å²) in [5, 5.41) is 16.5. The molecule has 7 rings (SSSR count). The van der Waals surface area contributed by atoms with Crippen molar-refractivity contribution in [2.75, 3.05) is 0 Å². The van der Waals surface area contributed by atoms with Crippen LogP contribution in [0.2, 0.25) is 5.82 Å². The van der Waals surface area contributed by atoms with E-state index in [2.05, 4.69) is 133 Å². The van der Waals surface area contributed by atoms with E-state index >= 15 is 0 Å². The van der Waals surface area contributed by atoms with Crippen LogP contribution in [-0.2, 0) is 9.31 Å². The fourth-order valence-corrected chi connectivity index (χ4v) is 5.33. The van der Waals surface area contributed by atoms with E-state index in [-0.39, 0.29) is 31.6 Å². The van der Waals surface area contributed by atoms with Gasteiger partial charge >= 0.3 is 14.2 Å². The van der Waals surface area contributed by atoms with Crippen molar-refractivity contribution in [3.05, 3.63) is 78.4 Å². The number of nitrogens with zero attached hydrogens (tertiary/aromatic N) is 3. The molecule has 0 bridgehead atoms. The van der Waals surface area contributed by atoms with Crippen molar-refractivity contribution in [2.24, 2.45) is 0 Å². The molecule has 3 aliphatic carbocycles. The van der Waals surface area contributed by atoms with Gasteiger partial charge < -0.3 is 19.4 Å². The van der Waals surface area contributed by atoms with Gasteiger partial charge in [0.05, 0.1) is 22.6 Å². The molecule has 1 aliphatic heterocycles. The SMILES string of the molecule is C.Cc1nc(Br)ccc1Br.Cc1nc(C2CC2)ccc1B1OC(C)(C)C(C)(C)O1.Cc1nc(C2CC2)ccc1Br.OB(O)C1CC1.[B]B([B])[B]. The van der Waals surface area contributed by atoms with Crippen LogP contribution >= 0.6 is 47.8 Å². The summed E-state index contributed by atoms with van der Waals surface area (Å²) in [5.74, 6) is 1.66. The highest BCUT2D eigenvalue weighted by molar-refractivity contribution is 9.11. The van der Waals surface area contributed by atoms with E-state index in [1.165, 1.54) is 37.1 Å². The third-order valence-electron chi connectivity index (χ3n) is 8.72. The molecule has 4 aliphatic rings. The van der Waals surface area contributed by atoms with Gasteiger partial charge in [-0.3, -0.25) is 9.97 Å². The molecule has 4 heterocycles. The van der Waals surface area contributed by atoms with Crippen molar-refractivity contribution in [1.82, 2.24) is 15.0 Å². The van der Waals surface area contributed by atoms with E-state index in [9.17, 15) is 0 Å². The largest absolute Gasteiger partial charge is 0.496 e. The fourth-order valence-electron chi connectivity index (χ4n) is 4.49. The second-order valence-corrected chi connectivity index (χ2v) is 16.4. The van der Waals surface area contributed by atoms with Gasteiger partial charge in [0.1, 0.15) is 4.60 Å². The Hall–Kier alpha value is -0.880. The molecule has 0 atom stereocenters. The van der Waals surface area contributed by atoms with Crippen LogP contribution in [0, 0.1) is 20.8 Å². The van der Waals surface area contributed by atoms with Gasteiger partial charge in [0.15, 0.2) is 0 Å². The van der Waals surface area contributed by atoms with Gasteiger partial charge in [0.25, 0.3) is 0 Å². The topological polar surface area (TPSA) is 97.6 Å². The molecule has 4 fully saturated rings. The number of aromatic nitrogens is 3. The Morgan fingerprint density at radius 3 is 1.40 bits per heavy atom. The van der Waals surface area contributed by atoms with Gasteiger partial charge in [-0.2, -0.15) is 0 Å². The Kier molecular flexibility index (Phi) is 18.1. The first kappa shape index (κ1) is 45.3. The van der Waals surface area contributed by atoms with Crippen molar-refractivity contribution in [1.29, 1.82) is 0 Å². The number of halogens is 3. The number of pyridine rings is 3. The Labute approximate surface area is 331 Å². The lowest BCUT2D eigenvalue weighted by atomic mass is 9.08. The van der Waals surface area contributed by atoms with Crippen LogP contribution in [0.15, 0.2) is 49.9 Å². The van der Waals surface area contributed by atoms with E-state index in [4.69, 9.17) is 24.3 Å². The molecule has 262 valence electrons. The minimum Gasteiger partial charge on any atom is -0.427 e. The molecule has 3 saturated carbocycles. The zero-order valence-electron chi connectivity index (χ0n) is 29.6. The molecule has 7 nitrogen and oxygen atoms in total. The van der Waals surface area contributed by atoms with Crippen molar-refractivity contribution in [3.8, 4) is 0 Å². The summed E-state index contributed by atoms with van der Waals surface area (Å²) in [6.07, 6.45) is 6.54. The summed E-state index contributed by atoms with van der Waals surface area (Å²) in [7, 11) is 12.7. The third-order valence-corrected chi connectivity index (χ3v) is 10.8. The van der Waals surface area contributed by atoms with Gasteiger partial charge in [-0.25, -0.2) is 4.98 Å². The maximum Gasteiger partial charge on any atom is 0.496 e. The summed E-state index contributed by atoms with van der Waals surface area (Å²) < 4.78 is 15.2. The fraction of sp³-hybridized carbons (Fsp3) is 0.559. The first-order chi connectivity index (χ1) is 22.8. The minimum atomic E-state index is -1.04. The first-order valence-corrected chi connectivity index (χ1v) is 19.1. The quantitative estimate of drug-likeness (QED) is 0.211. The molecular weight excluding hydrogens is 819 g/mol. The Balaban J connectivity index is 0.000000239. The van der Waals surface area contributed by atoms with Gasteiger partial charge in [-0.05, 0) is 158 Å². The molecule has 2 N–H and O–H groups in total. The molecule has 0 unspecified atom stereocenters. The number of aryl methyl sites for hydroxylation is 3. The van der Waals surface area contributed by atoms with E-state index in [1.807, 2.05) is 32.9 Å². The molecule has 1 saturated heterocycles. The van der Waals surface area contributed by atoms with Crippen LogP contribution in [-0.4, -0.2) is 80.0 Å². The standard InChI is InChI=1S/C15H22BNO2.C9H10BrN.C6H5Br2N.C3H7BO2.CH4.B4/c1-10-12(8-9-13(17-10)11-6-7-11)16-18-14(2,3)15(4,5)19-16;1-6-8(10)4-5-9(11-6)7-2-3-7;1-4-5(7)2-3-6(8)9-4;5-4(6)3-1-2-3;;1-4(2)3/h8-9,11H,6-7H2,1-5H3;4-5,7H,2-3H2,1H3;2-3H,1H3;3,5-6H,1-2H2;1H4;. The third kappa shape index (κ3) is 14.9.